The summed E-state index contributed by atoms with van der Waals surface area (Å²) < 4.78 is 11.1. The van der Waals surface area contributed by atoms with Gasteiger partial charge < -0.3 is 14.8 Å². The second-order valence-electron chi connectivity index (χ2n) is 4.65. The summed E-state index contributed by atoms with van der Waals surface area (Å²) in [6, 6.07) is 5.59. The van der Waals surface area contributed by atoms with Crippen LogP contribution in [-0.4, -0.2) is 26.2 Å². The Morgan fingerprint density at radius 1 is 1.38 bits per heavy atom. The van der Waals surface area contributed by atoms with Gasteiger partial charge in [0, 0.05) is 10.5 Å². The molecule has 0 aromatic heterocycles. The average Bonchev–Trinajstić information content (AvgIpc) is 3.29. The van der Waals surface area contributed by atoms with Crippen molar-refractivity contribution in [2.75, 3.05) is 14.2 Å². The fraction of sp³-hybridized carbons (Fsp3) is 0.333. The van der Waals surface area contributed by atoms with Gasteiger partial charge in [0.25, 0.3) is 5.91 Å². The molecule has 5 nitrogen and oxygen atoms in total. The Bertz CT molecular complexity index is 631. The van der Waals surface area contributed by atoms with E-state index in [4.69, 9.17) is 14.7 Å². The lowest BCUT2D eigenvalue weighted by molar-refractivity contribution is -0.117. The quantitative estimate of drug-likeness (QED) is 0.654. The van der Waals surface area contributed by atoms with Gasteiger partial charge in [-0.15, -0.1) is 0 Å². The summed E-state index contributed by atoms with van der Waals surface area (Å²) in [6.07, 6.45) is 3.48. The monoisotopic (exact) mass is 350 g/mol. The highest BCUT2D eigenvalue weighted by atomic mass is 79.9. The number of hydrogen-bond donors (Lipinski definition) is 1. The van der Waals surface area contributed by atoms with E-state index >= 15 is 0 Å². The van der Waals surface area contributed by atoms with Crippen molar-refractivity contribution in [1.82, 2.24) is 5.32 Å². The largest absolute Gasteiger partial charge is 0.493 e. The van der Waals surface area contributed by atoms with Gasteiger partial charge in [0.05, 0.1) is 14.2 Å². The number of amides is 1. The Morgan fingerprint density at radius 2 is 2.00 bits per heavy atom. The van der Waals surface area contributed by atoms with Crippen molar-refractivity contribution in [1.29, 1.82) is 5.26 Å². The first kappa shape index (κ1) is 15.4. The number of rotatable bonds is 5. The molecule has 1 aromatic carbocycles. The Hall–Kier alpha value is -2.00. The number of methoxy groups -OCH3 is 2. The Balaban J connectivity index is 2.32. The number of carbonyl (C=O) groups excluding carboxylic acids is 1. The van der Waals surface area contributed by atoms with Crippen molar-refractivity contribution in [3.8, 4) is 17.6 Å². The molecule has 0 atom stereocenters. The van der Waals surface area contributed by atoms with Crippen molar-refractivity contribution < 1.29 is 14.3 Å². The van der Waals surface area contributed by atoms with Crippen LogP contribution in [0.5, 0.6) is 11.5 Å². The van der Waals surface area contributed by atoms with Crippen LogP contribution in [0.4, 0.5) is 0 Å². The van der Waals surface area contributed by atoms with E-state index < -0.39 is 0 Å². The van der Waals surface area contributed by atoms with Crippen molar-refractivity contribution in [2.45, 2.75) is 18.9 Å². The molecule has 1 fully saturated rings. The fourth-order valence-corrected chi connectivity index (χ4v) is 2.21. The first-order chi connectivity index (χ1) is 10.1. The van der Waals surface area contributed by atoms with Crippen LogP contribution in [0.3, 0.4) is 0 Å². The number of ether oxygens (including phenoxy) is 2. The maximum Gasteiger partial charge on any atom is 0.262 e. The van der Waals surface area contributed by atoms with Crippen LogP contribution in [0.15, 0.2) is 22.2 Å². The summed E-state index contributed by atoms with van der Waals surface area (Å²) in [5, 5.41) is 12.0. The first-order valence-corrected chi connectivity index (χ1v) is 7.22. The van der Waals surface area contributed by atoms with Gasteiger partial charge in [0.15, 0.2) is 11.5 Å². The molecule has 2 rings (SSSR count). The predicted octanol–water partition coefficient (Wildman–Crippen LogP) is 2.65. The molecule has 1 N–H and O–H groups in total. The van der Waals surface area contributed by atoms with Gasteiger partial charge >= 0.3 is 0 Å². The molecular formula is C15H15BrN2O3. The molecule has 0 unspecified atom stereocenters. The molecule has 110 valence electrons. The molecule has 0 spiro atoms. The SMILES string of the molecule is COc1cc(Br)c(/C=C(/C#N)C(=O)NC2CC2)cc1OC. The smallest absolute Gasteiger partial charge is 0.262 e. The topological polar surface area (TPSA) is 71.3 Å². The van der Waals surface area contributed by atoms with Crippen molar-refractivity contribution in [3.05, 3.63) is 27.7 Å². The summed E-state index contributed by atoms with van der Waals surface area (Å²) in [7, 11) is 3.08. The van der Waals surface area contributed by atoms with Gasteiger partial charge in [0.1, 0.15) is 11.6 Å². The minimum absolute atomic E-state index is 0.0646. The minimum Gasteiger partial charge on any atom is -0.493 e. The first-order valence-electron chi connectivity index (χ1n) is 6.43. The van der Waals surface area contributed by atoms with E-state index in [1.165, 1.54) is 13.2 Å². The number of benzene rings is 1. The third-order valence-corrected chi connectivity index (χ3v) is 3.77. The average molecular weight is 351 g/mol. The van der Waals surface area contributed by atoms with Crippen LogP contribution in [0.1, 0.15) is 18.4 Å². The molecule has 0 saturated heterocycles. The van der Waals surface area contributed by atoms with E-state index in [2.05, 4.69) is 21.2 Å². The molecule has 1 saturated carbocycles. The predicted molar refractivity (Wildman–Crippen MR) is 82.0 cm³/mol. The molecule has 0 aliphatic heterocycles. The van der Waals surface area contributed by atoms with Gasteiger partial charge in [-0.3, -0.25) is 4.79 Å². The number of nitriles is 1. The maximum absolute atomic E-state index is 11.9. The van der Waals surface area contributed by atoms with E-state index in [0.29, 0.717) is 21.5 Å². The zero-order valence-electron chi connectivity index (χ0n) is 11.8. The number of hydrogen-bond acceptors (Lipinski definition) is 4. The van der Waals surface area contributed by atoms with Crippen molar-refractivity contribution >= 4 is 27.9 Å². The third kappa shape index (κ3) is 3.76. The van der Waals surface area contributed by atoms with Gasteiger partial charge in [-0.05, 0) is 36.6 Å². The Kier molecular flexibility index (Phi) is 4.86. The van der Waals surface area contributed by atoms with Crippen molar-refractivity contribution in [2.24, 2.45) is 0 Å². The molecule has 1 amide bonds. The Morgan fingerprint density at radius 3 is 2.52 bits per heavy atom. The molecule has 1 aliphatic rings. The number of halogens is 1. The van der Waals surface area contributed by atoms with Crippen LogP contribution in [0.25, 0.3) is 6.08 Å². The van der Waals surface area contributed by atoms with Crippen LogP contribution in [0, 0.1) is 11.3 Å². The normalized spacial score (nSPS) is 14.3. The summed E-state index contributed by atoms with van der Waals surface area (Å²) in [6.45, 7) is 0. The zero-order valence-corrected chi connectivity index (χ0v) is 13.4. The van der Waals surface area contributed by atoms with E-state index in [9.17, 15) is 4.79 Å². The summed E-state index contributed by atoms with van der Waals surface area (Å²) in [5.41, 5.74) is 0.741. The van der Waals surface area contributed by atoms with Crippen LogP contribution in [0.2, 0.25) is 0 Å². The number of carbonyl (C=O) groups is 1. The molecule has 1 aliphatic carbocycles. The van der Waals surface area contributed by atoms with E-state index in [1.807, 2.05) is 6.07 Å². The van der Waals surface area contributed by atoms with Crippen molar-refractivity contribution in [3.63, 3.8) is 0 Å². The van der Waals surface area contributed by atoms with E-state index in [-0.39, 0.29) is 17.5 Å². The lowest BCUT2D eigenvalue weighted by Gasteiger charge is -2.10. The summed E-state index contributed by atoms with van der Waals surface area (Å²) in [5.74, 6) is 0.760. The lowest BCUT2D eigenvalue weighted by atomic mass is 10.1. The summed E-state index contributed by atoms with van der Waals surface area (Å²) >= 11 is 3.40. The molecule has 0 heterocycles. The minimum atomic E-state index is -0.346. The number of nitrogens with zero attached hydrogens (tertiary/aromatic N) is 1. The van der Waals surface area contributed by atoms with Gasteiger partial charge in [-0.2, -0.15) is 5.26 Å². The fourth-order valence-electron chi connectivity index (χ4n) is 1.78. The highest BCUT2D eigenvalue weighted by molar-refractivity contribution is 9.10. The zero-order chi connectivity index (χ0) is 15.4. The lowest BCUT2D eigenvalue weighted by Crippen LogP contribution is -2.26. The Labute approximate surface area is 131 Å². The third-order valence-electron chi connectivity index (χ3n) is 3.08. The molecule has 0 radical (unpaired) electrons. The van der Waals surface area contributed by atoms with E-state index in [0.717, 1.165) is 12.8 Å². The standard InChI is InChI=1S/C15H15BrN2O3/c1-20-13-6-9(12(16)7-14(13)21-2)5-10(8-17)15(19)18-11-3-4-11/h5-7,11H,3-4H2,1-2H3,(H,18,19)/b10-5-. The molecule has 0 bridgehead atoms. The molecular weight excluding hydrogens is 336 g/mol. The van der Waals surface area contributed by atoms with Gasteiger partial charge in [-0.25, -0.2) is 0 Å². The van der Waals surface area contributed by atoms with Crippen LogP contribution in [-0.2, 0) is 4.79 Å². The molecule has 1 aromatic rings. The number of nitrogens with one attached hydrogen (secondary N) is 1. The second kappa shape index (κ2) is 6.64. The second-order valence-corrected chi connectivity index (χ2v) is 5.50. The van der Waals surface area contributed by atoms with Gasteiger partial charge in [0.2, 0.25) is 0 Å². The highest BCUT2D eigenvalue weighted by Crippen LogP contribution is 2.34. The van der Waals surface area contributed by atoms with Crippen LogP contribution >= 0.6 is 15.9 Å². The van der Waals surface area contributed by atoms with E-state index in [1.54, 1.807) is 19.2 Å². The molecule has 21 heavy (non-hydrogen) atoms. The van der Waals surface area contributed by atoms with Crippen LogP contribution < -0.4 is 14.8 Å². The maximum atomic E-state index is 11.9. The van der Waals surface area contributed by atoms with Gasteiger partial charge in [-0.1, -0.05) is 15.9 Å². The highest BCUT2D eigenvalue weighted by Gasteiger charge is 2.24. The summed E-state index contributed by atoms with van der Waals surface area (Å²) in [4.78, 5) is 11.9. The molecule has 6 heteroatoms.